The molecule has 1 heterocycles. The molecule has 2 aromatic carbocycles. The standard InChI is InChI=1S/C24H27N3O5S/c1-24(2,3)20-15-19(27-21(28)12-13-25-23(27)29)14-17(22(20)32-4)9-6-16-7-10-18(11-8-16)26-33(5,30)31/h6-15,26H,1-5H3,(H,25,29)/b9-6+. The topological polar surface area (TPSA) is 110 Å². The van der Waals surface area contributed by atoms with Gasteiger partial charge in [0.25, 0.3) is 5.56 Å². The van der Waals surface area contributed by atoms with Crippen molar-refractivity contribution in [2.24, 2.45) is 0 Å². The number of ether oxygens (including phenoxy) is 1. The van der Waals surface area contributed by atoms with Crippen LogP contribution in [0.25, 0.3) is 17.8 Å². The van der Waals surface area contributed by atoms with Crippen LogP contribution in [-0.2, 0) is 15.4 Å². The van der Waals surface area contributed by atoms with Crippen molar-refractivity contribution in [1.29, 1.82) is 0 Å². The molecule has 0 saturated carbocycles. The molecule has 0 saturated heterocycles. The molecule has 0 fully saturated rings. The second-order valence-electron chi connectivity index (χ2n) is 8.65. The van der Waals surface area contributed by atoms with Gasteiger partial charge in [0, 0.05) is 29.1 Å². The summed E-state index contributed by atoms with van der Waals surface area (Å²) in [7, 11) is -1.77. The Labute approximate surface area is 192 Å². The lowest BCUT2D eigenvalue weighted by atomic mass is 9.84. The van der Waals surface area contributed by atoms with Crippen molar-refractivity contribution in [3.05, 3.63) is 86.2 Å². The van der Waals surface area contributed by atoms with Gasteiger partial charge in [-0.1, -0.05) is 45.1 Å². The highest BCUT2D eigenvalue weighted by Crippen LogP contribution is 2.36. The maximum absolute atomic E-state index is 12.4. The zero-order valence-corrected chi connectivity index (χ0v) is 20.0. The van der Waals surface area contributed by atoms with Crippen molar-refractivity contribution in [2.75, 3.05) is 18.1 Å². The summed E-state index contributed by atoms with van der Waals surface area (Å²) in [6.07, 6.45) is 6.09. The maximum Gasteiger partial charge on any atom is 0.332 e. The van der Waals surface area contributed by atoms with E-state index in [1.165, 1.54) is 12.3 Å². The van der Waals surface area contributed by atoms with E-state index in [0.717, 1.165) is 21.9 Å². The van der Waals surface area contributed by atoms with Crippen LogP contribution >= 0.6 is 0 Å². The molecular weight excluding hydrogens is 442 g/mol. The van der Waals surface area contributed by atoms with Crippen molar-refractivity contribution >= 4 is 27.9 Å². The first-order valence-corrected chi connectivity index (χ1v) is 12.1. The normalized spacial score (nSPS) is 12.2. The summed E-state index contributed by atoms with van der Waals surface area (Å²) in [5.41, 5.74) is 1.96. The molecule has 0 bridgehead atoms. The van der Waals surface area contributed by atoms with Gasteiger partial charge in [-0.15, -0.1) is 0 Å². The zero-order valence-electron chi connectivity index (χ0n) is 19.2. The first kappa shape index (κ1) is 24.1. The van der Waals surface area contributed by atoms with Crippen molar-refractivity contribution in [2.45, 2.75) is 26.2 Å². The van der Waals surface area contributed by atoms with E-state index in [2.05, 4.69) is 9.71 Å². The maximum atomic E-state index is 12.4. The van der Waals surface area contributed by atoms with Crippen LogP contribution in [0.1, 0.15) is 37.5 Å². The van der Waals surface area contributed by atoms with Crippen LogP contribution in [0.2, 0.25) is 0 Å². The minimum atomic E-state index is -3.35. The molecular formula is C24H27N3O5S. The molecule has 1 aromatic heterocycles. The second-order valence-corrected chi connectivity index (χ2v) is 10.4. The second kappa shape index (κ2) is 9.11. The lowest BCUT2D eigenvalue weighted by molar-refractivity contribution is 0.396. The smallest absolute Gasteiger partial charge is 0.332 e. The summed E-state index contributed by atoms with van der Waals surface area (Å²) in [4.78, 5) is 27.3. The Morgan fingerprint density at radius 1 is 1.03 bits per heavy atom. The number of anilines is 1. The monoisotopic (exact) mass is 469 g/mol. The Balaban J connectivity index is 2.12. The number of methoxy groups -OCH3 is 1. The fourth-order valence-corrected chi connectivity index (χ4v) is 3.97. The molecule has 9 heteroatoms. The fourth-order valence-electron chi connectivity index (χ4n) is 3.40. The summed E-state index contributed by atoms with van der Waals surface area (Å²) in [5.74, 6) is 0.637. The van der Waals surface area contributed by atoms with Crippen LogP contribution in [0.15, 0.2) is 58.3 Å². The van der Waals surface area contributed by atoms with Crippen LogP contribution < -0.4 is 20.7 Å². The lowest BCUT2D eigenvalue weighted by Crippen LogP contribution is -2.32. The molecule has 33 heavy (non-hydrogen) atoms. The molecule has 3 aromatic rings. The highest BCUT2D eigenvalue weighted by Gasteiger charge is 2.23. The summed E-state index contributed by atoms with van der Waals surface area (Å²) >= 11 is 0. The van der Waals surface area contributed by atoms with Crippen LogP contribution in [0.3, 0.4) is 0 Å². The predicted octanol–water partition coefficient (Wildman–Crippen LogP) is 3.37. The van der Waals surface area contributed by atoms with Gasteiger partial charge >= 0.3 is 5.69 Å². The molecule has 2 N–H and O–H groups in total. The number of hydrogen-bond donors (Lipinski definition) is 2. The average molecular weight is 470 g/mol. The lowest BCUT2D eigenvalue weighted by Gasteiger charge is -2.24. The molecule has 0 aliphatic carbocycles. The van der Waals surface area contributed by atoms with E-state index >= 15 is 0 Å². The van der Waals surface area contributed by atoms with Gasteiger partial charge < -0.3 is 9.72 Å². The van der Waals surface area contributed by atoms with Gasteiger partial charge in [0.1, 0.15) is 5.75 Å². The highest BCUT2D eigenvalue weighted by atomic mass is 32.2. The van der Waals surface area contributed by atoms with Crippen LogP contribution in [0.5, 0.6) is 5.75 Å². The molecule has 0 unspecified atom stereocenters. The average Bonchev–Trinajstić information content (AvgIpc) is 2.71. The Morgan fingerprint density at radius 3 is 2.24 bits per heavy atom. The van der Waals surface area contributed by atoms with E-state index in [4.69, 9.17) is 4.74 Å². The molecule has 0 amide bonds. The van der Waals surface area contributed by atoms with Crippen molar-refractivity contribution in [3.8, 4) is 11.4 Å². The molecule has 8 nitrogen and oxygen atoms in total. The van der Waals surface area contributed by atoms with E-state index in [1.807, 2.05) is 32.9 Å². The largest absolute Gasteiger partial charge is 0.496 e. The van der Waals surface area contributed by atoms with E-state index in [-0.39, 0.29) is 5.41 Å². The fraction of sp³-hybridized carbons (Fsp3) is 0.250. The van der Waals surface area contributed by atoms with E-state index in [1.54, 1.807) is 43.5 Å². The van der Waals surface area contributed by atoms with Gasteiger partial charge in [-0.25, -0.2) is 17.8 Å². The van der Waals surface area contributed by atoms with Gasteiger partial charge in [-0.3, -0.25) is 9.52 Å². The van der Waals surface area contributed by atoms with Crippen molar-refractivity contribution < 1.29 is 13.2 Å². The third-order valence-electron chi connectivity index (χ3n) is 4.90. The Kier molecular flexibility index (Phi) is 6.64. The number of aromatic amines is 1. The number of nitrogens with zero attached hydrogens (tertiary/aromatic N) is 1. The highest BCUT2D eigenvalue weighted by molar-refractivity contribution is 7.92. The molecule has 0 atom stereocenters. The minimum Gasteiger partial charge on any atom is -0.496 e. The number of hydrogen-bond acceptors (Lipinski definition) is 5. The number of H-pyrrole nitrogens is 1. The molecule has 174 valence electrons. The van der Waals surface area contributed by atoms with Gasteiger partial charge in [0.15, 0.2) is 0 Å². The number of nitrogens with one attached hydrogen (secondary N) is 2. The van der Waals surface area contributed by atoms with Crippen LogP contribution in [-0.4, -0.2) is 31.3 Å². The van der Waals surface area contributed by atoms with Gasteiger partial charge in [-0.2, -0.15) is 0 Å². The van der Waals surface area contributed by atoms with Crippen LogP contribution in [0.4, 0.5) is 5.69 Å². The Hall–Kier alpha value is -3.59. The quantitative estimate of drug-likeness (QED) is 0.538. The SMILES string of the molecule is COc1c(/C=C/c2ccc(NS(C)(=O)=O)cc2)cc(-n2c(=O)cc[nH]c2=O)cc1C(C)(C)C. The number of aromatic nitrogens is 2. The molecule has 3 rings (SSSR count). The number of benzene rings is 2. The minimum absolute atomic E-state index is 0.325. The molecule has 0 aliphatic heterocycles. The zero-order chi connectivity index (χ0) is 24.4. The van der Waals surface area contributed by atoms with Gasteiger partial charge in [-0.05, 0) is 35.2 Å². The van der Waals surface area contributed by atoms with Gasteiger partial charge in [0.2, 0.25) is 10.0 Å². The summed E-state index contributed by atoms with van der Waals surface area (Å²) in [6.45, 7) is 6.06. The first-order valence-electron chi connectivity index (χ1n) is 10.2. The predicted molar refractivity (Wildman–Crippen MR) is 132 cm³/mol. The summed E-state index contributed by atoms with van der Waals surface area (Å²) in [6, 6.07) is 11.7. The van der Waals surface area contributed by atoms with E-state index in [9.17, 15) is 18.0 Å². The van der Waals surface area contributed by atoms with Crippen LogP contribution in [0, 0.1) is 0 Å². The number of sulfonamides is 1. The third-order valence-corrected chi connectivity index (χ3v) is 5.50. The summed E-state index contributed by atoms with van der Waals surface area (Å²) < 4.78 is 32.0. The van der Waals surface area contributed by atoms with Gasteiger partial charge in [0.05, 0.1) is 19.1 Å². The Bertz CT molecular complexity index is 1380. The van der Waals surface area contributed by atoms with E-state index < -0.39 is 21.3 Å². The Morgan fingerprint density at radius 2 is 1.70 bits per heavy atom. The third kappa shape index (κ3) is 5.81. The summed E-state index contributed by atoms with van der Waals surface area (Å²) in [5, 5.41) is 0. The number of rotatable bonds is 6. The molecule has 0 radical (unpaired) electrons. The van der Waals surface area contributed by atoms with E-state index in [0.29, 0.717) is 22.7 Å². The van der Waals surface area contributed by atoms with Crippen molar-refractivity contribution in [1.82, 2.24) is 9.55 Å². The van der Waals surface area contributed by atoms with Crippen molar-refractivity contribution in [3.63, 3.8) is 0 Å². The molecule has 0 spiro atoms. The first-order chi connectivity index (χ1) is 15.4. The molecule has 0 aliphatic rings.